The van der Waals surface area contributed by atoms with E-state index in [1.807, 2.05) is 0 Å². The molecule has 86 valence electrons. The van der Waals surface area contributed by atoms with E-state index in [-0.39, 0.29) is 12.4 Å². The third kappa shape index (κ3) is 9.26. The number of allylic oxidation sites excluding steroid dienone is 1. The van der Waals surface area contributed by atoms with Crippen LogP contribution in [-0.4, -0.2) is 22.8 Å². The molecule has 0 amide bonds. The van der Waals surface area contributed by atoms with Crippen LogP contribution < -0.4 is 0 Å². The van der Waals surface area contributed by atoms with Crippen LogP contribution in [0.5, 0.6) is 0 Å². The smallest absolute Gasteiger partial charge is 0.308 e. The van der Waals surface area contributed by atoms with E-state index in [4.69, 9.17) is 4.74 Å². The normalized spacial score (nSPS) is 12.8. The van der Waals surface area contributed by atoms with Gasteiger partial charge in [-0.05, 0) is 39.7 Å². The summed E-state index contributed by atoms with van der Waals surface area (Å²) in [4.78, 5) is 11.3. The number of rotatable bonds is 5. The summed E-state index contributed by atoms with van der Waals surface area (Å²) in [7, 11) is 0. The third-order valence-corrected chi connectivity index (χ3v) is 1.61. The Hall–Kier alpha value is -1.05. The highest BCUT2D eigenvalue weighted by atomic mass is 16.6. The maximum Gasteiger partial charge on any atom is 0.308 e. The Morgan fingerprint density at radius 3 is 2.67 bits per heavy atom. The first-order chi connectivity index (χ1) is 6.85. The molecule has 0 aromatic carbocycles. The Morgan fingerprint density at radius 1 is 1.60 bits per heavy atom. The van der Waals surface area contributed by atoms with Gasteiger partial charge in [-0.3, -0.25) is 4.79 Å². The van der Waals surface area contributed by atoms with Crippen molar-refractivity contribution in [1.29, 1.82) is 0 Å². The first kappa shape index (κ1) is 13.9. The lowest BCUT2D eigenvalue weighted by molar-refractivity contribution is -0.157. The second kappa shape index (κ2) is 6.44. The van der Waals surface area contributed by atoms with Crippen molar-refractivity contribution in [2.45, 2.75) is 51.7 Å². The summed E-state index contributed by atoms with van der Waals surface area (Å²) in [6.45, 7) is 8.82. The largest absolute Gasteiger partial charge is 0.460 e. The van der Waals surface area contributed by atoms with E-state index in [2.05, 4.69) is 12.3 Å². The topological polar surface area (TPSA) is 46.5 Å². The van der Waals surface area contributed by atoms with Gasteiger partial charge in [0.05, 0.1) is 12.5 Å². The standard InChI is InChI=1S/C12H20O3/c1-5-6-7-8-10(13)9-11(14)15-12(2,3)4/h6,10,13H,1,7-9H2,2-4H3/t10-/m1/s1. The van der Waals surface area contributed by atoms with Crippen molar-refractivity contribution in [2.75, 3.05) is 0 Å². The van der Waals surface area contributed by atoms with Crippen molar-refractivity contribution in [3.05, 3.63) is 18.4 Å². The molecule has 0 saturated carbocycles. The van der Waals surface area contributed by atoms with Gasteiger partial charge in [0.1, 0.15) is 5.60 Å². The van der Waals surface area contributed by atoms with E-state index in [1.54, 1.807) is 26.8 Å². The zero-order chi connectivity index (χ0) is 11.9. The van der Waals surface area contributed by atoms with Crippen molar-refractivity contribution >= 4 is 5.97 Å². The fraction of sp³-hybridized carbons (Fsp3) is 0.667. The summed E-state index contributed by atoms with van der Waals surface area (Å²) in [6, 6.07) is 0. The van der Waals surface area contributed by atoms with Crippen LogP contribution in [-0.2, 0) is 9.53 Å². The van der Waals surface area contributed by atoms with Gasteiger partial charge < -0.3 is 9.84 Å². The molecule has 0 aromatic rings. The van der Waals surface area contributed by atoms with E-state index in [0.717, 1.165) is 0 Å². The van der Waals surface area contributed by atoms with Crippen LogP contribution in [0.1, 0.15) is 40.0 Å². The van der Waals surface area contributed by atoms with Crippen LogP contribution in [0.15, 0.2) is 18.4 Å². The van der Waals surface area contributed by atoms with Gasteiger partial charge in [-0.2, -0.15) is 0 Å². The maximum atomic E-state index is 11.3. The average molecular weight is 212 g/mol. The predicted octanol–water partition coefficient (Wildman–Crippen LogP) is 2.20. The van der Waals surface area contributed by atoms with Gasteiger partial charge in [0.25, 0.3) is 0 Å². The van der Waals surface area contributed by atoms with Gasteiger partial charge in [-0.25, -0.2) is 0 Å². The molecule has 15 heavy (non-hydrogen) atoms. The summed E-state index contributed by atoms with van der Waals surface area (Å²) in [6.07, 6.45) is 2.33. The Balaban J connectivity index is 3.81. The Kier molecular flexibility index (Phi) is 5.99. The number of hydrogen-bond acceptors (Lipinski definition) is 3. The number of aliphatic hydroxyl groups is 1. The summed E-state index contributed by atoms with van der Waals surface area (Å²) in [5.41, 5.74) is 2.12. The maximum absolute atomic E-state index is 11.3. The van der Waals surface area contributed by atoms with Crippen molar-refractivity contribution in [2.24, 2.45) is 0 Å². The Labute approximate surface area is 91.4 Å². The summed E-state index contributed by atoms with van der Waals surface area (Å²) in [5, 5.41) is 9.47. The van der Waals surface area contributed by atoms with Crippen LogP contribution in [0, 0.1) is 0 Å². The molecule has 0 aliphatic carbocycles. The minimum absolute atomic E-state index is 0.0439. The zero-order valence-electron chi connectivity index (χ0n) is 9.75. The SMILES string of the molecule is C=C=CCC[C@@H](O)CC(=O)OC(C)(C)C. The van der Waals surface area contributed by atoms with Gasteiger partial charge in [0.15, 0.2) is 0 Å². The average Bonchev–Trinajstić information content (AvgIpc) is 2.00. The minimum Gasteiger partial charge on any atom is -0.460 e. The Bertz CT molecular complexity index is 244. The lowest BCUT2D eigenvalue weighted by atomic mass is 10.1. The molecule has 3 heteroatoms. The molecule has 0 heterocycles. The van der Waals surface area contributed by atoms with Crippen LogP contribution in [0.3, 0.4) is 0 Å². The summed E-state index contributed by atoms with van der Waals surface area (Å²) in [5.74, 6) is -0.363. The van der Waals surface area contributed by atoms with Crippen molar-refractivity contribution < 1.29 is 14.6 Å². The molecule has 0 unspecified atom stereocenters. The molecule has 0 saturated heterocycles. The van der Waals surface area contributed by atoms with Gasteiger partial charge in [-0.15, -0.1) is 5.73 Å². The molecule has 3 nitrogen and oxygen atoms in total. The van der Waals surface area contributed by atoms with Crippen molar-refractivity contribution in [3.63, 3.8) is 0 Å². The first-order valence-corrected chi connectivity index (χ1v) is 5.09. The lowest BCUT2D eigenvalue weighted by Gasteiger charge is -2.20. The molecule has 0 aliphatic rings. The molecule has 0 aromatic heterocycles. The highest BCUT2D eigenvalue weighted by molar-refractivity contribution is 5.70. The zero-order valence-corrected chi connectivity index (χ0v) is 9.75. The second-order valence-corrected chi connectivity index (χ2v) is 4.43. The lowest BCUT2D eigenvalue weighted by Crippen LogP contribution is -2.26. The summed E-state index contributed by atoms with van der Waals surface area (Å²) < 4.78 is 5.08. The molecule has 0 aliphatic heterocycles. The van der Waals surface area contributed by atoms with E-state index in [9.17, 15) is 9.90 Å². The molecule has 0 bridgehead atoms. The second-order valence-electron chi connectivity index (χ2n) is 4.43. The van der Waals surface area contributed by atoms with E-state index < -0.39 is 11.7 Å². The molecule has 1 N–H and O–H groups in total. The molecule has 0 fully saturated rings. The van der Waals surface area contributed by atoms with Gasteiger partial charge >= 0.3 is 5.97 Å². The highest BCUT2D eigenvalue weighted by Gasteiger charge is 2.18. The number of ether oxygens (including phenoxy) is 1. The quantitative estimate of drug-likeness (QED) is 0.561. The molecule has 0 radical (unpaired) electrons. The number of esters is 1. The highest BCUT2D eigenvalue weighted by Crippen LogP contribution is 2.11. The fourth-order valence-corrected chi connectivity index (χ4v) is 1.06. The molecule has 0 rings (SSSR count). The fourth-order valence-electron chi connectivity index (χ4n) is 1.06. The third-order valence-electron chi connectivity index (χ3n) is 1.61. The number of carbonyl (C=O) groups excluding carboxylic acids is 1. The van der Waals surface area contributed by atoms with Crippen LogP contribution >= 0.6 is 0 Å². The number of hydrogen-bond donors (Lipinski definition) is 1. The molecular formula is C12H20O3. The van der Waals surface area contributed by atoms with Gasteiger partial charge in [-0.1, -0.05) is 6.58 Å². The molecule has 1 atom stereocenters. The number of aliphatic hydroxyl groups excluding tert-OH is 1. The predicted molar refractivity (Wildman–Crippen MR) is 59.4 cm³/mol. The van der Waals surface area contributed by atoms with Crippen LogP contribution in [0.2, 0.25) is 0 Å². The van der Waals surface area contributed by atoms with Gasteiger partial charge in [0.2, 0.25) is 0 Å². The first-order valence-electron chi connectivity index (χ1n) is 5.09. The van der Waals surface area contributed by atoms with Crippen LogP contribution in [0.4, 0.5) is 0 Å². The van der Waals surface area contributed by atoms with E-state index >= 15 is 0 Å². The minimum atomic E-state index is -0.649. The monoisotopic (exact) mass is 212 g/mol. The molecule has 0 spiro atoms. The van der Waals surface area contributed by atoms with Crippen LogP contribution in [0.25, 0.3) is 0 Å². The number of carbonyl (C=O) groups is 1. The van der Waals surface area contributed by atoms with Crippen molar-refractivity contribution in [3.8, 4) is 0 Å². The van der Waals surface area contributed by atoms with E-state index in [0.29, 0.717) is 12.8 Å². The van der Waals surface area contributed by atoms with Crippen molar-refractivity contribution in [1.82, 2.24) is 0 Å². The molecular weight excluding hydrogens is 192 g/mol. The summed E-state index contributed by atoms with van der Waals surface area (Å²) >= 11 is 0. The Morgan fingerprint density at radius 2 is 2.20 bits per heavy atom. The van der Waals surface area contributed by atoms with Gasteiger partial charge in [0, 0.05) is 0 Å². The van der Waals surface area contributed by atoms with E-state index in [1.165, 1.54) is 0 Å².